The fourth-order valence-electron chi connectivity index (χ4n) is 2.60. The van der Waals surface area contributed by atoms with Crippen molar-refractivity contribution in [3.8, 4) is 0 Å². The van der Waals surface area contributed by atoms with Crippen LogP contribution in [0.2, 0.25) is 0 Å². The molecule has 0 radical (unpaired) electrons. The van der Waals surface area contributed by atoms with Gasteiger partial charge in [-0.15, -0.1) is 0 Å². The van der Waals surface area contributed by atoms with E-state index in [9.17, 15) is 0 Å². The van der Waals surface area contributed by atoms with Crippen molar-refractivity contribution in [1.29, 1.82) is 0 Å². The van der Waals surface area contributed by atoms with Gasteiger partial charge in [-0.25, -0.2) is 0 Å². The summed E-state index contributed by atoms with van der Waals surface area (Å²) < 4.78 is 0. The lowest BCUT2D eigenvalue weighted by atomic mass is 9.94. The van der Waals surface area contributed by atoms with Gasteiger partial charge in [-0.1, -0.05) is 47.0 Å². The first-order chi connectivity index (χ1) is 7.58. The van der Waals surface area contributed by atoms with Crippen molar-refractivity contribution in [2.45, 2.75) is 78.7 Å². The molecule has 1 fully saturated rings. The molecule has 0 aromatic carbocycles. The second-order valence-electron chi connectivity index (χ2n) is 6.18. The standard InChI is InChI=1S/C15H29N/c1-12(2)10-15(11-13(3)4)16-14-8-6-5-7-9-14/h12-14H,5-11H2,1-4H3. The molecule has 1 heteroatoms. The van der Waals surface area contributed by atoms with Crippen LogP contribution in [0.15, 0.2) is 4.99 Å². The van der Waals surface area contributed by atoms with Crippen molar-refractivity contribution in [2.75, 3.05) is 0 Å². The fraction of sp³-hybridized carbons (Fsp3) is 0.933. The zero-order valence-electron chi connectivity index (χ0n) is 11.6. The van der Waals surface area contributed by atoms with Crippen molar-refractivity contribution in [3.05, 3.63) is 0 Å². The summed E-state index contributed by atoms with van der Waals surface area (Å²) in [5.41, 5.74) is 1.48. The highest BCUT2D eigenvalue weighted by atomic mass is 14.8. The Morgan fingerprint density at radius 1 is 0.938 bits per heavy atom. The SMILES string of the molecule is CC(C)CC(CC(C)C)=NC1CCCCC1. The molecule has 0 spiro atoms. The zero-order chi connectivity index (χ0) is 12.0. The van der Waals surface area contributed by atoms with Gasteiger partial charge in [0.25, 0.3) is 0 Å². The number of hydrogen-bond donors (Lipinski definition) is 0. The van der Waals surface area contributed by atoms with Crippen molar-refractivity contribution >= 4 is 5.71 Å². The highest BCUT2D eigenvalue weighted by Gasteiger charge is 2.14. The molecule has 0 aliphatic heterocycles. The highest BCUT2D eigenvalue weighted by molar-refractivity contribution is 5.85. The van der Waals surface area contributed by atoms with E-state index in [0.717, 1.165) is 11.8 Å². The predicted octanol–water partition coefficient (Wildman–Crippen LogP) is 4.85. The number of rotatable bonds is 5. The molecule has 0 bridgehead atoms. The molecule has 1 aliphatic rings. The van der Waals surface area contributed by atoms with Crippen LogP contribution in [0.1, 0.15) is 72.6 Å². The highest BCUT2D eigenvalue weighted by Crippen LogP contribution is 2.22. The Hall–Kier alpha value is -0.330. The van der Waals surface area contributed by atoms with Crippen LogP contribution in [0, 0.1) is 11.8 Å². The van der Waals surface area contributed by atoms with Crippen molar-refractivity contribution in [3.63, 3.8) is 0 Å². The third-order valence-corrected chi connectivity index (χ3v) is 3.23. The number of nitrogens with zero attached hydrogens (tertiary/aromatic N) is 1. The number of hydrogen-bond acceptors (Lipinski definition) is 1. The van der Waals surface area contributed by atoms with E-state index in [2.05, 4.69) is 27.7 Å². The molecule has 0 aromatic heterocycles. The Balaban J connectivity index is 2.54. The molecule has 0 aromatic rings. The zero-order valence-corrected chi connectivity index (χ0v) is 11.6. The Morgan fingerprint density at radius 2 is 1.44 bits per heavy atom. The Kier molecular flexibility index (Phi) is 6.08. The molecule has 0 saturated heterocycles. The van der Waals surface area contributed by atoms with Gasteiger partial charge in [-0.05, 0) is 37.5 Å². The van der Waals surface area contributed by atoms with E-state index in [1.807, 2.05) is 0 Å². The lowest BCUT2D eigenvalue weighted by Gasteiger charge is -2.21. The molecule has 16 heavy (non-hydrogen) atoms. The van der Waals surface area contributed by atoms with E-state index in [1.165, 1.54) is 50.7 Å². The van der Waals surface area contributed by atoms with Gasteiger partial charge >= 0.3 is 0 Å². The summed E-state index contributed by atoms with van der Waals surface area (Å²) in [6.45, 7) is 9.21. The first-order valence-electron chi connectivity index (χ1n) is 7.13. The van der Waals surface area contributed by atoms with E-state index in [4.69, 9.17) is 4.99 Å². The molecular weight excluding hydrogens is 194 g/mol. The van der Waals surface area contributed by atoms with Gasteiger partial charge in [-0.2, -0.15) is 0 Å². The fourth-order valence-corrected chi connectivity index (χ4v) is 2.60. The lowest BCUT2D eigenvalue weighted by molar-refractivity contribution is 0.440. The summed E-state index contributed by atoms with van der Waals surface area (Å²) in [6, 6.07) is 0.654. The topological polar surface area (TPSA) is 12.4 Å². The van der Waals surface area contributed by atoms with Gasteiger partial charge in [0.15, 0.2) is 0 Å². The van der Waals surface area contributed by atoms with E-state index in [0.29, 0.717) is 6.04 Å². The molecule has 0 unspecified atom stereocenters. The first kappa shape index (κ1) is 13.7. The van der Waals surface area contributed by atoms with Crippen LogP contribution in [0.5, 0.6) is 0 Å². The van der Waals surface area contributed by atoms with Crippen molar-refractivity contribution < 1.29 is 0 Å². The van der Waals surface area contributed by atoms with Gasteiger partial charge < -0.3 is 0 Å². The summed E-state index contributed by atoms with van der Waals surface area (Å²) in [5.74, 6) is 1.50. The molecule has 0 heterocycles. The maximum absolute atomic E-state index is 5.03. The molecule has 0 N–H and O–H groups in total. The molecule has 1 aliphatic carbocycles. The second-order valence-corrected chi connectivity index (χ2v) is 6.18. The summed E-state index contributed by atoms with van der Waals surface area (Å²) in [5, 5.41) is 0. The predicted molar refractivity (Wildman–Crippen MR) is 73.2 cm³/mol. The van der Waals surface area contributed by atoms with Gasteiger partial charge in [-0.3, -0.25) is 4.99 Å². The Bertz CT molecular complexity index is 197. The Labute approximate surface area is 102 Å². The number of aliphatic imine (C=N–C) groups is 1. The summed E-state index contributed by atoms with van der Waals surface area (Å²) in [7, 11) is 0. The van der Waals surface area contributed by atoms with E-state index >= 15 is 0 Å². The Morgan fingerprint density at radius 3 is 1.88 bits per heavy atom. The summed E-state index contributed by atoms with van der Waals surface area (Å²) in [4.78, 5) is 5.03. The summed E-state index contributed by atoms with van der Waals surface area (Å²) >= 11 is 0. The maximum atomic E-state index is 5.03. The molecule has 0 atom stereocenters. The lowest BCUT2D eigenvalue weighted by Crippen LogP contribution is -2.15. The van der Waals surface area contributed by atoms with E-state index in [1.54, 1.807) is 0 Å². The normalized spacial score (nSPS) is 18.1. The van der Waals surface area contributed by atoms with Crippen LogP contribution in [0.4, 0.5) is 0 Å². The quantitative estimate of drug-likeness (QED) is 0.591. The first-order valence-corrected chi connectivity index (χ1v) is 7.13. The van der Waals surface area contributed by atoms with Crippen LogP contribution in [0.25, 0.3) is 0 Å². The monoisotopic (exact) mass is 223 g/mol. The van der Waals surface area contributed by atoms with Crippen LogP contribution >= 0.6 is 0 Å². The minimum Gasteiger partial charge on any atom is -0.291 e. The minimum absolute atomic E-state index is 0.654. The third-order valence-electron chi connectivity index (χ3n) is 3.23. The van der Waals surface area contributed by atoms with E-state index < -0.39 is 0 Å². The molecule has 1 saturated carbocycles. The minimum atomic E-state index is 0.654. The van der Waals surface area contributed by atoms with Gasteiger partial charge in [0, 0.05) is 11.8 Å². The third kappa shape index (κ3) is 5.67. The average molecular weight is 223 g/mol. The largest absolute Gasteiger partial charge is 0.291 e. The van der Waals surface area contributed by atoms with Crippen molar-refractivity contribution in [1.82, 2.24) is 0 Å². The van der Waals surface area contributed by atoms with Gasteiger partial charge in [0.05, 0.1) is 0 Å². The maximum Gasteiger partial charge on any atom is 0.0499 e. The van der Waals surface area contributed by atoms with Crippen LogP contribution in [-0.4, -0.2) is 11.8 Å². The molecule has 0 amide bonds. The second kappa shape index (κ2) is 7.09. The smallest absolute Gasteiger partial charge is 0.0499 e. The van der Waals surface area contributed by atoms with Gasteiger partial charge in [0.2, 0.25) is 0 Å². The molecular formula is C15H29N. The van der Waals surface area contributed by atoms with Crippen LogP contribution < -0.4 is 0 Å². The van der Waals surface area contributed by atoms with Crippen molar-refractivity contribution in [2.24, 2.45) is 16.8 Å². The van der Waals surface area contributed by atoms with Gasteiger partial charge in [0.1, 0.15) is 0 Å². The van der Waals surface area contributed by atoms with Crippen LogP contribution in [0.3, 0.4) is 0 Å². The average Bonchev–Trinajstić information content (AvgIpc) is 2.16. The van der Waals surface area contributed by atoms with Crippen LogP contribution in [-0.2, 0) is 0 Å². The molecule has 1 rings (SSSR count). The summed E-state index contributed by atoms with van der Waals surface area (Å²) in [6.07, 6.45) is 9.29. The molecule has 94 valence electrons. The van der Waals surface area contributed by atoms with E-state index in [-0.39, 0.29) is 0 Å². The molecule has 1 nitrogen and oxygen atoms in total.